The van der Waals surface area contributed by atoms with Crippen LogP contribution in [0.5, 0.6) is 0 Å². The lowest BCUT2D eigenvalue weighted by molar-refractivity contribution is -0.0320. The highest BCUT2D eigenvalue weighted by Crippen LogP contribution is 2.47. The molecule has 146 valence electrons. The van der Waals surface area contributed by atoms with E-state index in [1.165, 1.54) is 18.4 Å². The number of aliphatic imine (C=N–C) groups is 1. The zero-order valence-corrected chi connectivity index (χ0v) is 18.0. The number of hydrogen-bond acceptors (Lipinski definition) is 3. The number of hydrogen-bond donors (Lipinski definition) is 2. The Kier molecular flexibility index (Phi) is 9.15. The Hall–Kier alpha value is -0.860. The fourth-order valence-electron chi connectivity index (χ4n) is 3.36. The van der Waals surface area contributed by atoms with Crippen LogP contribution in [-0.4, -0.2) is 52.0 Å². The first-order valence-corrected chi connectivity index (χ1v) is 9.52. The minimum atomic E-state index is 0. The second-order valence-corrected chi connectivity index (χ2v) is 7.03. The van der Waals surface area contributed by atoms with Gasteiger partial charge in [-0.2, -0.15) is 0 Å². The summed E-state index contributed by atoms with van der Waals surface area (Å²) in [5.74, 6) is 0.883. The van der Waals surface area contributed by atoms with Gasteiger partial charge in [-0.25, -0.2) is 0 Å². The van der Waals surface area contributed by atoms with Gasteiger partial charge < -0.3 is 20.1 Å². The molecule has 0 bridgehead atoms. The number of rotatable bonds is 8. The maximum atomic E-state index is 5.90. The van der Waals surface area contributed by atoms with E-state index >= 15 is 0 Å². The van der Waals surface area contributed by atoms with Gasteiger partial charge in [0.15, 0.2) is 5.96 Å². The third-order valence-electron chi connectivity index (χ3n) is 5.19. The number of guanidine groups is 1. The molecule has 1 saturated carbocycles. The average molecular weight is 473 g/mol. The number of nitrogens with one attached hydrogen (secondary N) is 2. The van der Waals surface area contributed by atoms with Gasteiger partial charge in [-0.05, 0) is 37.7 Å². The summed E-state index contributed by atoms with van der Waals surface area (Å²) in [6, 6.07) is 10.8. The van der Waals surface area contributed by atoms with E-state index in [2.05, 4.69) is 46.0 Å². The predicted octanol–water partition coefficient (Wildman–Crippen LogP) is 3.09. The molecule has 2 fully saturated rings. The van der Waals surface area contributed by atoms with E-state index in [1.807, 2.05) is 7.05 Å². The average Bonchev–Trinajstić information content (AvgIpc) is 3.47. The summed E-state index contributed by atoms with van der Waals surface area (Å²) in [6.45, 7) is 4.28. The summed E-state index contributed by atoms with van der Waals surface area (Å²) in [7, 11) is 1.83. The van der Waals surface area contributed by atoms with Gasteiger partial charge in [0.1, 0.15) is 0 Å². The number of halogens is 1. The maximum absolute atomic E-state index is 5.90. The molecule has 1 aromatic rings. The van der Waals surface area contributed by atoms with Gasteiger partial charge in [0.05, 0.1) is 6.10 Å². The molecule has 1 heterocycles. The molecule has 5 nitrogen and oxygen atoms in total. The highest BCUT2D eigenvalue weighted by atomic mass is 127. The second kappa shape index (κ2) is 11.1. The lowest BCUT2D eigenvalue weighted by Gasteiger charge is -2.22. The molecule has 1 aliphatic carbocycles. The molecular formula is C20H32IN3O2. The van der Waals surface area contributed by atoms with E-state index in [1.54, 1.807) is 0 Å². The molecule has 0 amide bonds. The van der Waals surface area contributed by atoms with Crippen molar-refractivity contribution in [2.45, 2.75) is 43.6 Å². The summed E-state index contributed by atoms with van der Waals surface area (Å²) < 4.78 is 11.2. The number of ether oxygens (including phenoxy) is 2. The van der Waals surface area contributed by atoms with Crippen LogP contribution in [0.15, 0.2) is 35.3 Å². The van der Waals surface area contributed by atoms with E-state index < -0.39 is 0 Å². The zero-order chi connectivity index (χ0) is 17.4. The highest BCUT2D eigenvalue weighted by Gasteiger charge is 2.43. The topological polar surface area (TPSA) is 54.9 Å². The fourth-order valence-corrected chi connectivity index (χ4v) is 3.36. The van der Waals surface area contributed by atoms with Crippen molar-refractivity contribution in [3.63, 3.8) is 0 Å². The Morgan fingerprint density at radius 1 is 1.19 bits per heavy atom. The van der Waals surface area contributed by atoms with Crippen molar-refractivity contribution >= 4 is 29.9 Å². The Balaban J connectivity index is 0.00000243. The van der Waals surface area contributed by atoms with Gasteiger partial charge in [-0.15, -0.1) is 24.0 Å². The first-order valence-electron chi connectivity index (χ1n) is 9.52. The van der Waals surface area contributed by atoms with Crippen LogP contribution in [0.3, 0.4) is 0 Å². The predicted molar refractivity (Wildman–Crippen MR) is 117 cm³/mol. The van der Waals surface area contributed by atoms with Gasteiger partial charge in [0.2, 0.25) is 0 Å². The van der Waals surface area contributed by atoms with Crippen LogP contribution >= 0.6 is 24.0 Å². The van der Waals surface area contributed by atoms with Crippen molar-refractivity contribution in [2.24, 2.45) is 4.99 Å². The summed E-state index contributed by atoms with van der Waals surface area (Å²) >= 11 is 0. The molecule has 0 spiro atoms. The quantitative estimate of drug-likeness (QED) is 0.264. The van der Waals surface area contributed by atoms with Crippen molar-refractivity contribution in [2.75, 3.05) is 40.0 Å². The van der Waals surface area contributed by atoms with Crippen LogP contribution in [0.2, 0.25) is 0 Å². The van der Waals surface area contributed by atoms with Gasteiger partial charge >= 0.3 is 0 Å². The SMILES string of the molecule is CN=C(NCCCOC1CCOCC1)NCC1(c2ccccc2)CC1.I. The molecule has 1 aliphatic heterocycles. The van der Waals surface area contributed by atoms with Gasteiger partial charge in [-0.3, -0.25) is 4.99 Å². The molecule has 0 aromatic heterocycles. The third-order valence-corrected chi connectivity index (χ3v) is 5.19. The first kappa shape index (κ1) is 21.4. The van der Waals surface area contributed by atoms with E-state index in [9.17, 15) is 0 Å². The Morgan fingerprint density at radius 2 is 1.92 bits per heavy atom. The number of benzene rings is 1. The summed E-state index contributed by atoms with van der Waals surface area (Å²) in [5.41, 5.74) is 1.73. The molecule has 1 aromatic carbocycles. The molecule has 0 radical (unpaired) electrons. The molecule has 26 heavy (non-hydrogen) atoms. The summed E-state index contributed by atoms with van der Waals surface area (Å²) in [4.78, 5) is 4.34. The Morgan fingerprint density at radius 3 is 2.58 bits per heavy atom. The summed E-state index contributed by atoms with van der Waals surface area (Å²) in [5, 5.41) is 6.89. The molecule has 6 heteroatoms. The molecule has 2 aliphatic rings. The van der Waals surface area contributed by atoms with Crippen LogP contribution in [-0.2, 0) is 14.9 Å². The molecule has 0 unspecified atom stereocenters. The number of nitrogens with zero attached hydrogens (tertiary/aromatic N) is 1. The monoisotopic (exact) mass is 473 g/mol. The molecule has 0 atom stereocenters. The summed E-state index contributed by atoms with van der Waals surface area (Å²) in [6.07, 6.45) is 5.92. The smallest absolute Gasteiger partial charge is 0.191 e. The van der Waals surface area contributed by atoms with Crippen molar-refractivity contribution in [1.29, 1.82) is 0 Å². The fraction of sp³-hybridized carbons (Fsp3) is 0.650. The Labute approximate surface area is 174 Å². The van der Waals surface area contributed by atoms with Crippen molar-refractivity contribution in [1.82, 2.24) is 10.6 Å². The maximum Gasteiger partial charge on any atom is 0.191 e. The van der Waals surface area contributed by atoms with Gasteiger partial charge in [0.25, 0.3) is 0 Å². The lowest BCUT2D eigenvalue weighted by atomic mass is 9.96. The van der Waals surface area contributed by atoms with Gasteiger partial charge in [0, 0.05) is 45.4 Å². The highest BCUT2D eigenvalue weighted by molar-refractivity contribution is 14.0. The molecule has 1 saturated heterocycles. The largest absolute Gasteiger partial charge is 0.381 e. The first-order chi connectivity index (χ1) is 12.3. The van der Waals surface area contributed by atoms with Crippen LogP contribution in [0.4, 0.5) is 0 Å². The third kappa shape index (κ3) is 6.39. The molecule has 3 rings (SSSR count). The van der Waals surface area contributed by atoms with E-state index in [0.717, 1.165) is 58.1 Å². The van der Waals surface area contributed by atoms with Crippen LogP contribution in [0.1, 0.15) is 37.7 Å². The van der Waals surface area contributed by atoms with Crippen molar-refractivity contribution < 1.29 is 9.47 Å². The minimum absolute atomic E-state index is 0. The molecular weight excluding hydrogens is 441 g/mol. The van der Waals surface area contributed by atoms with Crippen molar-refractivity contribution in [3.8, 4) is 0 Å². The van der Waals surface area contributed by atoms with Crippen LogP contribution in [0, 0.1) is 0 Å². The standard InChI is InChI=1S/C20H31N3O2.HI/c1-21-19(22-12-5-13-25-18-8-14-24-15-9-18)23-16-20(10-11-20)17-6-3-2-4-7-17;/h2-4,6-7,18H,5,8-16H2,1H3,(H2,21,22,23);1H. The van der Waals surface area contributed by atoms with E-state index in [4.69, 9.17) is 9.47 Å². The second-order valence-electron chi connectivity index (χ2n) is 7.03. The van der Waals surface area contributed by atoms with E-state index in [-0.39, 0.29) is 24.0 Å². The zero-order valence-electron chi connectivity index (χ0n) is 15.7. The van der Waals surface area contributed by atoms with E-state index in [0.29, 0.717) is 11.5 Å². The Bertz CT molecular complexity index is 543. The minimum Gasteiger partial charge on any atom is -0.381 e. The lowest BCUT2D eigenvalue weighted by Crippen LogP contribution is -2.41. The van der Waals surface area contributed by atoms with Crippen LogP contribution < -0.4 is 10.6 Å². The normalized spacial score (nSPS) is 19.5. The van der Waals surface area contributed by atoms with Gasteiger partial charge in [-0.1, -0.05) is 30.3 Å². The van der Waals surface area contributed by atoms with Crippen molar-refractivity contribution in [3.05, 3.63) is 35.9 Å². The molecule has 2 N–H and O–H groups in total. The van der Waals surface area contributed by atoms with Crippen LogP contribution in [0.25, 0.3) is 0 Å².